The fourth-order valence-electron chi connectivity index (χ4n) is 1.40. The van der Waals surface area contributed by atoms with Crippen molar-refractivity contribution in [2.45, 2.75) is 29.8 Å². The van der Waals surface area contributed by atoms with Gasteiger partial charge in [-0.25, -0.2) is 0 Å². The number of nitrogens with zero attached hydrogens (tertiary/aromatic N) is 2. The maximum Gasteiger partial charge on any atom is 0.417 e. The van der Waals surface area contributed by atoms with Gasteiger partial charge in [0.25, 0.3) is 5.22 Å². The zero-order valence-electron chi connectivity index (χ0n) is 9.73. The minimum atomic E-state index is -4.51. The first-order valence-corrected chi connectivity index (χ1v) is 6.00. The summed E-state index contributed by atoms with van der Waals surface area (Å²) >= 11 is 0.739. The summed E-state index contributed by atoms with van der Waals surface area (Å²) in [4.78, 5) is -0.0478. The molecule has 0 atom stereocenters. The van der Waals surface area contributed by atoms with Crippen LogP contribution in [-0.4, -0.2) is 15.3 Å². The predicted molar refractivity (Wildman–Crippen MR) is 60.5 cm³/mol. The van der Waals surface area contributed by atoms with Gasteiger partial charge in [-0.1, -0.05) is 6.07 Å². The molecular formula is C11H9F3N2O2S. The summed E-state index contributed by atoms with van der Waals surface area (Å²) in [5.74, 6) is 0.281. The van der Waals surface area contributed by atoms with Crippen molar-refractivity contribution in [3.8, 4) is 0 Å². The Hall–Kier alpha value is -1.54. The van der Waals surface area contributed by atoms with Crippen molar-refractivity contribution in [1.82, 2.24) is 10.2 Å². The normalized spacial score (nSPS) is 11.8. The Labute approximate surface area is 110 Å². The molecule has 0 spiro atoms. The van der Waals surface area contributed by atoms with Crippen LogP contribution in [0.1, 0.15) is 17.0 Å². The van der Waals surface area contributed by atoms with E-state index in [9.17, 15) is 13.2 Å². The van der Waals surface area contributed by atoms with Crippen LogP contribution in [-0.2, 0) is 12.8 Å². The molecule has 0 aliphatic rings. The Morgan fingerprint density at radius 2 is 2.05 bits per heavy atom. The smallest absolute Gasteiger partial charge is 0.416 e. The lowest BCUT2D eigenvalue weighted by molar-refractivity contribution is -0.139. The SMILES string of the molecule is Cc1nnc(Sc2ccc(CO)cc2C(F)(F)F)o1. The number of hydrogen-bond acceptors (Lipinski definition) is 5. The van der Waals surface area contributed by atoms with Gasteiger partial charge in [0, 0.05) is 11.8 Å². The van der Waals surface area contributed by atoms with E-state index in [2.05, 4.69) is 10.2 Å². The maximum absolute atomic E-state index is 12.9. The number of rotatable bonds is 3. The van der Waals surface area contributed by atoms with Crippen LogP contribution in [0.3, 0.4) is 0 Å². The van der Waals surface area contributed by atoms with Crippen molar-refractivity contribution in [3.63, 3.8) is 0 Å². The zero-order chi connectivity index (χ0) is 14.0. The molecule has 1 aromatic carbocycles. The van der Waals surface area contributed by atoms with Crippen LogP contribution in [0.2, 0.25) is 0 Å². The summed E-state index contributed by atoms with van der Waals surface area (Å²) < 4.78 is 43.8. The topological polar surface area (TPSA) is 59.2 Å². The third-order valence-corrected chi connectivity index (χ3v) is 3.15. The van der Waals surface area contributed by atoms with E-state index >= 15 is 0 Å². The Bertz CT molecular complexity index is 584. The zero-order valence-corrected chi connectivity index (χ0v) is 10.5. The number of aliphatic hydroxyl groups is 1. The predicted octanol–water partition coefficient (Wildman–Crippen LogP) is 3.04. The van der Waals surface area contributed by atoms with Gasteiger partial charge in [-0.15, -0.1) is 10.2 Å². The van der Waals surface area contributed by atoms with E-state index in [0.29, 0.717) is 0 Å². The number of benzene rings is 1. The average molecular weight is 290 g/mol. The second-order valence-corrected chi connectivity index (χ2v) is 4.67. The van der Waals surface area contributed by atoms with E-state index in [1.165, 1.54) is 12.1 Å². The molecule has 2 rings (SSSR count). The first kappa shape index (κ1) is 13.9. The molecule has 0 radical (unpaired) electrons. The maximum atomic E-state index is 12.9. The molecule has 1 heterocycles. The van der Waals surface area contributed by atoms with Gasteiger partial charge in [-0.05, 0) is 29.5 Å². The van der Waals surface area contributed by atoms with Gasteiger partial charge < -0.3 is 9.52 Å². The monoisotopic (exact) mass is 290 g/mol. The van der Waals surface area contributed by atoms with Gasteiger partial charge in [-0.2, -0.15) is 13.2 Å². The van der Waals surface area contributed by atoms with E-state index in [4.69, 9.17) is 9.52 Å². The molecule has 1 N–H and O–H groups in total. The second-order valence-electron chi connectivity index (χ2n) is 3.68. The summed E-state index contributed by atoms with van der Waals surface area (Å²) in [6.07, 6.45) is -4.51. The summed E-state index contributed by atoms with van der Waals surface area (Å²) in [6, 6.07) is 3.60. The van der Waals surface area contributed by atoms with Crippen molar-refractivity contribution < 1.29 is 22.7 Å². The lowest BCUT2D eigenvalue weighted by Gasteiger charge is -2.12. The molecular weight excluding hydrogens is 281 g/mol. The number of aliphatic hydroxyl groups excluding tert-OH is 1. The van der Waals surface area contributed by atoms with Gasteiger partial charge >= 0.3 is 6.18 Å². The quantitative estimate of drug-likeness (QED) is 0.941. The second kappa shape index (κ2) is 5.22. The molecule has 4 nitrogen and oxygen atoms in total. The first-order valence-electron chi connectivity index (χ1n) is 5.19. The third kappa shape index (κ3) is 3.27. The molecule has 0 aliphatic carbocycles. The van der Waals surface area contributed by atoms with Gasteiger partial charge in [0.05, 0.1) is 12.2 Å². The third-order valence-electron chi connectivity index (χ3n) is 2.24. The number of aromatic nitrogens is 2. The highest BCUT2D eigenvalue weighted by atomic mass is 32.2. The highest BCUT2D eigenvalue weighted by Gasteiger charge is 2.34. The van der Waals surface area contributed by atoms with Crippen molar-refractivity contribution in [2.75, 3.05) is 0 Å². The van der Waals surface area contributed by atoms with Crippen molar-refractivity contribution in [1.29, 1.82) is 0 Å². The van der Waals surface area contributed by atoms with E-state index < -0.39 is 18.3 Å². The van der Waals surface area contributed by atoms with Gasteiger partial charge in [-0.3, -0.25) is 0 Å². The van der Waals surface area contributed by atoms with Crippen LogP contribution in [0.25, 0.3) is 0 Å². The highest BCUT2D eigenvalue weighted by Crippen LogP contribution is 2.39. The Morgan fingerprint density at radius 3 is 2.58 bits per heavy atom. The molecule has 0 saturated carbocycles. The number of hydrogen-bond donors (Lipinski definition) is 1. The molecule has 19 heavy (non-hydrogen) atoms. The van der Waals surface area contributed by atoms with E-state index in [1.54, 1.807) is 6.92 Å². The molecule has 2 aromatic rings. The molecule has 0 bridgehead atoms. The molecule has 8 heteroatoms. The Kier molecular flexibility index (Phi) is 3.81. The van der Waals surface area contributed by atoms with Crippen LogP contribution in [0.15, 0.2) is 32.7 Å². The van der Waals surface area contributed by atoms with Crippen LogP contribution in [0, 0.1) is 6.92 Å². The first-order chi connectivity index (χ1) is 8.90. The van der Waals surface area contributed by atoms with Crippen LogP contribution >= 0.6 is 11.8 Å². The molecule has 102 valence electrons. The fourth-order valence-corrected chi connectivity index (χ4v) is 2.25. The molecule has 1 aromatic heterocycles. The minimum Gasteiger partial charge on any atom is -0.416 e. The highest BCUT2D eigenvalue weighted by molar-refractivity contribution is 7.99. The molecule has 0 saturated heterocycles. The van der Waals surface area contributed by atoms with Gasteiger partial charge in [0.2, 0.25) is 5.89 Å². The fraction of sp³-hybridized carbons (Fsp3) is 0.273. The van der Waals surface area contributed by atoms with Crippen LogP contribution < -0.4 is 0 Å². The van der Waals surface area contributed by atoms with E-state index in [-0.39, 0.29) is 21.6 Å². The minimum absolute atomic E-state index is 0.0414. The summed E-state index contributed by atoms with van der Waals surface area (Å²) in [7, 11) is 0. The Morgan fingerprint density at radius 1 is 1.32 bits per heavy atom. The van der Waals surface area contributed by atoms with Crippen molar-refractivity contribution in [3.05, 3.63) is 35.2 Å². The van der Waals surface area contributed by atoms with E-state index in [1.807, 2.05) is 0 Å². The van der Waals surface area contributed by atoms with E-state index in [0.717, 1.165) is 17.8 Å². The molecule has 0 unspecified atom stereocenters. The number of alkyl halides is 3. The van der Waals surface area contributed by atoms with Crippen molar-refractivity contribution >= 4 is 11.8 Å². The lowest BCUT2D eigenvalue weighted by Crippen LogP contribution is -2.07. The molecule has 0 aliphatic heterocycles. The van der Waals surface area contributed by atoms with Crippen molar-refractivity contribution in [2.24, 2.45) is 0 Å². The average Bonchev–Trinajstić information content (AvgIpc) is 2.74. The standard InChI is InChI=1S/C11H9F3N2O2S/c1-6-15-16-10(18-6)19-9-3-2-7(5-17)4-8(9)11(12,13)14/h2-4,17H,5H2,1H3. The summed E-state index contributed by atoms with van der Waals surface area (Å²) in [6.45, 7) is 1.10. The largest absolute Gasteiger partial charge is 0.417 e. The lowest BCUT2D eigenvalue weighted by atomic mass is 10.1. The van der Waals surface area contributed by atoms with Gasteiger partial charge in [0.15, 0.2) is 0 Å². The number of aryl methyl sites for hydroxylation is 1. The number of halogens is 3. The summed E-state index contributed by atoms with van der Waals surface area (Å²) in [5, 5.41) is 16.1. The van der Waals surface area contributed by atoms with Crippen LogP contribution in [0.4, 0.5) is 13.2 Å². The molecule has 0 amide bonds. The molecule has 0 fully saturated rings. The van der Waals surface area contributed by atoms with Crippen LogP contribution in [0.5, 0.6) is 0 Å². The Balaban J connectivity index is 2.39. The summed E-state index contributed by atoms with van der Waals surface area (Å²) in [5.41, 5.74) is -0.640. The van der Waals surface area contributed by atoms with Gasteiger partial charge in [0.1, 0.15) is 0 Å².